The third kappa shape index (κ3) is 4.06. The summed E-state index contributed by atoms with van der Waals surface area (Å²) in [5.74, 6) is -0.961. The summed E-state index contributed by atoms with van der Waals surface area (Å²) in [6, 6.07) is 1.82. The third-order valence-electron chi connectivity index (χ3n) is 2.96. The van der Waals surface area contributed by atoms with Gasteiger partial charge in [-0.3, -0.25) is 9.59 Å². The molecule has 0 fully saturated rings. The quantitative estimate of drug-likeness (QED) is 0.663. The lowest BCUT2D eigenvalue weighted by Gasteiger charge is -2.28. The number of nitrogens with zero attached hydrogens (tertiary/aromatic N) is 1. The molecule has 0 saturated carbocycles. The van der Waals surface area contributed by atoms with Gasteiger partial charge in [-0.1, -0.05) is 13.8 Å². The number of rotatable bonds is 6. The van der Waals surface area contributed by atoms with Gasteiger partial charge in [0.25, 0.3) is 0 Å². The number of hydrogen-bond acceptors (Lipinski definition) is 5. The van der Waals surface area contributed by atoms with E-state index < -0.39 is 23.5 Å². The van der Waals surface area contributed by atoms with Gasteiger partial charge in [0, 0.05) is 0 Å². The Morgan fingerprint density at radius 2 is 1.88 bits per heavy atom. The van der Waals surface area contributed by atoms with Gasteiger partial charge in [-0.2, -0.15) is 5.26 Å². The van der Waals surface area contributed by atoms with Crippen molar-refractivity contribution in [2.75, 3.05) is 7.11 Å². The van der Waals surface area contributed by atoms with E-state index in [1.165, 1.54) is 14.0 Å². The summed E-state index contributed by atoms with van der Waals surface area (Å²) in [6.45, 7) is 5.11. The summed E-state index contributed by atoms with van der Waals surface area (Å²) in [7, 11) is 1.28. The minimum Gasteiger partial charge on any atom is -0.469 e. The van der Waals surface area contributed by atoms with Gasteiger partial charge in [0.2, 0.25) is 0 Å². The van der Waals surface area contributed by atoms with Crippen molar-refractivity contribution in [2.45, 2.75) is 46.1 Å². The maximum Gasteiger partial charge on any atom is 0.313 e. The Hall–Kier alpha value is -1.57. The van der Waals surface area contributed by atoms with Crippen LogP contribution >= 0.6 is 0 Å². The molecular weight excluding hydrogens is 222 g/mol. The Labute approximate surface area is 102 Å². The van der Waals surface area contributed by atoms with Crippen LogP contribution in [0.1, 0.15) is 40.0 Å². The lowest BCUT2D eigenvalue weighted by atomic mass is 9.79. The standard InChI is InChI=1S/C12H19NO4/c1-5-12(6-2,7-10(14)16-4)11(15)17-9(3)8-13/h9H,5-7H2,1-4H3. The first-order valence-corrected chi connectivity index (χ1v) is 5.63. The van der Waals surface area contributed by atoms with Crippen molar-refractivity contribution in [1.82, 2.24) is 0 Å². The van der Waals surface area contributed by atoms with Crippen molar-refractivity contribution in [3.63, 3.8) is 0 Å². The zero-order chi connectivity index (χ0) is 13.5. The van der Waals surface area contributed by atoms with E-state index in [1.807, 2.05) is 19.9 Å². The van der Waals surface area contributed by atoms with E-state index in [1.54, 1.807) is 0 Å². The fourth-order valence-electron chi connectivity index (χ4n) is 1.52. The van der Waals surface area contributed by atoms with Gasteiger partial charge in [0.1, 0.15) is 6.07 Å². The van der Waals surface area contributed by atoms with Gasteiger partial charge < -0.3 is 9.47 Å². The summed E-state index contributed by atoms with van der Waals surface area (Å²) in [5, 5.41) is 8.60. The van der Waals surface area contributed by atoms with Gasteiger partial charge >= 0.3 is 11.9 Å². The number of nitriles is 1. The van der Waals surface area contributed by atoms with Crippen LogP contribution in [0.5, 0.6) is 0 Å². The van der Waals surface area contributed by atoms with Gasteiger partial charge in [0.05, 0.1) is 18.9 Å². The first-order chi connectivity index (χ1) is 7.95. The van der Waals surface area contributed by atoms with Gasteiger partial charge in [-0.15, -0.1) is 0 Å². The fraction of sp³-hybridized carbons (Fsp3) is 0.750. The van der Waals surface area contributed by atoms with Crippen molar-refractivity contribution in [3.8, 4) is 6.07 Å². The molecule has 0 aromatic carbocycles. The van der Waals surface area contributed by atoms with Gasteiger partial charge in [0.15, 0.2) is 6.10 Å². The summed E-state index contributed by atoms with van der Waals surface area (Å²) in [5.41, 5.74) is -0.891. The average Bonchev–Trinajstić information content (AvgIpc) is 2.35. The molecule has 17 heavy (non-hydrogen) atoms. The van der Waals surface area contributed by atoms with Crippen molar-refractivity contribution in [3.05, 3.63) is 0 Å². The number of carbonyl (C=O) groups is 2. The van der Waals surface area contributed by atoms with E-state index >= 15 is 0 Å². The summed E-state index contributed by atoms with van der Waals surface area (Å²) < 4.78 is 9.56. The highest BCUT2D eigenvalue weighted by molar-refractivity contribution is 5.83. The lowest BCUT2D eigenvalue weighted by molar-refractivity contribution is -0.164. The molecule has 0 aliphatic heterocycles. The summed E-state index contributed by atoms with van der Waals surface area (Å²) in [4.78, 5) is 23.3. The molecule has 1 atom stereocenters. The first-order valence-electron chi connectivity index (χ1n) is 5.63. The Morgan fingerprint density at radius 1 is 1.35 bits per heavy atom. The van der Waals surface area contributed by atoms with E-state index in [0.29, 0.717) is 12.8 Å². The van der Waals surface area contributed by atoms with Crippen molar-refractivity contribution >= 4 is 11.9 Å². The predicted molar refractivity (Wildman–Crippen MR) is 60.8 cm³/mol. The van der Waals surface area contributed by atoms with E-state index in [9.17, 15) is 9.59 Å². The monoisotopic (exact) mass is 241 g/mol. The Balaban J connectivity index is 4.87. The molecule has 0 amide bonds. The van der Waals surface area contributed by atoms with Gasteiger partial charge in [-0.25, -0.2) is 0 Å². The molecule has 0 aromatic heterocycles. The molecule has 0 N–H and O–H groups in total. The van der Waals surface area contributed by atoms with E-state index in [4.69, 9.17) is 10.00 Å². The molecule has 96 valence electrons. The minimum atomic E-state index is -0.891. The average molecular weight is 241 g/mol. The van der Waals surface area contributed by atoms with E-state index in [0.717, 1.165) is 0 Å². The Morgan fingerprint density at radius 3 is 2.24 bits per heavy atom. The second-order valence-electron chi connectivity index (χ2n) is 3.92. The smallest absolute Gasteiger partial charge is 0.313 e. The van der Waals surface area contributed by atoms with Crippen LogP contribution < -0.4 is 0 Å². The predicted octanol–water partition coefficient (Wildman–Crippen LogP) is 1.81. The van der Waals surface area contributed by atoms with E-state index in [2.05, 4.69) is 4.74 Å². The van der Waals surface area contributed by atoms with E-state index in [-0.39, 0.29) is 6.42 Å². The largest absolute Gasteiger partial charge is 0.469 e. The fourth-order valence-corrected chi connectivity index (χ4v) is 1.52. The second kappa shape index (κ2) is 6.89. The molecule has 0 aliphatic rings. The van der Waals surface area contributed by atoms with Crippen LogP contribution in [0.2, 0.25) is 0 Å². The molecule has 5 nitrogen and oxygen atoms in total. The van der Waals surface area contributed by atoms with Crippen LogP contribution in [-0.4, -0.2) is 25.2 Å². The molecule has 1 unspecified atom stereocenters. The molecule has 0 radical (unpaired) electrons. The maximum atomic E-state index is 12.0. The lowest BCUT2D eigenvalue weighted by Crippen LogP contribution is -2.36. The SMILES string of the molecule is CCC(CC)(CC(=O)OC)C(=O)OC(C)C#N. The zero-order valence-electron chi connectivity index (χ0n) is 10.8. The number of ether oxygens (including phenoxy) is 2. The summed E-state index contributed by atoms with van der Waals surface area (Å²) >= 11 is 0. The number of carbonyl (C=O) groups excluding carboxylic acids is 2. The van der Waals surface area contributed by atoms with Crippen LogP contribution in [0.3, 0.4) is 0 Å². The third-order valence-corrected chi connectivity index (χ3v) is 2.96. The molecule has 0 saturated heterocycles. The Kier molecular flexibility index (Phi) is 6.26. The molecule has 5 heteroatoms. The highest BCUT2D eigenvalue weighted by atomic mass is 16.5. The maximum absolute atomic E-state index is 12.0. The van der Waals surface area contributed by atoms with Crippen LogP contribution in [0.15, 0.2) is 0 Å². The van der Waals surface area contributed by atoms with Crippen molar-refractivity contribution < 1.29 is 19.1 Å². The van der Waals surface area contributed by atoms with Crippen LogP contribution in [-0.2, 0) is 19.1 Å². The molecule has 0 bridgehead atoms. The zero-order valence-corrected chi connectivity index (χ0v) is 10.8. The van der Waals surface area contributed by atoms with Crippen LogP contribution in [0, 0.1) is 16.7 Å². The second-order valence-corrected chi connectivity index (χ2v) is 3.92. The molecule has 0 aliphatic carbocycles. The highest BCUT2D eigenvalue weighted by Crippen LogP contribution is 2.33. The normalized spacial score (nSPS) is 12.4. The van der Waals surface area contributed by atoms with Gasteiger partial charge in [-0.05, 0) is 19.8 Å². The highest BCUT2D eigenvalue weighted by Gasteiger charge is 2.39. The van der Waals surface area contributed by atoms with Crippen molar-refractivity contribution in [2.24, 2.45) is 5.41 Å². The number of hydrogen-bond donors (Lipinski definition) is 0. The number of methoxy groups -OCH3 is 1. The first kappa shape index (κ1) is 15.4. The molecule has 0 aromatic rings. The molecule has 0 rings (SSSR count). The molecule has 0 spiro atoms. The van der Waals surface area contributed by atoms with Crippen LogP contribution in [0.4, 0.5) is 0 Å². The molecular formula is C12H19NO4. The Bertz CT molecular complexity index is 315. The molecule has 0 heterocycles. The van der Waals surface area contributed by atoms with Crippen LogP contribution in [0.25, 0.3) is 0 Å². The topological polar surface area (TPSA) is 76.4 Å². The number of esters is 2. The minimum absolute atomic E-state index is 0.0204. The van der Waals surface area contributed by atoms with Crippen molar-refractivity contribution in [1.29, 1.82) is 5.26 Å². The summed E-state index contributed by atoms with van der Waals surface area (Å²) in [6.07, 6.45) is 0.108.